The average molecular weight is 552 g/mol. The van der Waals surface area contributed by atoms with E-state index >= 15 is 0 Å². The van der Waals surface area contributed by atoms with Crippen LogP contribution in [0.3, 0.4) is 0 Å². The van der Waals surface area contributed by atoms with Crippen LogP contribution >= 0.6 is 35.7 Å². The molecular formula is C22H42IN5OS. The SMILES string of the molecule is CCNC(=NCCCCN1CCC(C(N)=O)CC1)N1CCSC2(CCCCC2)C1.I. The summed E-state index contributed by atoms with van der Waals surface area (Å²) in [6, 6.07) is 0. The summed E-state index contributed by atoms with van der Waals surface area (Å²) in [5.74, 6) is 2.32. The van der Waals surface area contributed by atoms with Gasteiger partial charge in [-0.2, -0.15) is 11.8 Å². The van der Waals surface area contributed by atoms with Gasteiger partial charge in [0.25, 0.3) is 0 Å². The third kappa shape index (κ3) is 7.73. The number of rotatable bonds is 7. The van der Waals surface area contributed by atoms with Crippen molar-refractivity contribution in [1.82, 2.24) is 15.1 Å². The molecule has 1 spiro atoms. The van der Waals surface area contributed by atoms with Gasteiger partial charge in [0.1, 0.15) is 0 Å². The molecule has 30 heavy (non-hydrogen) atoms. The van der Waals surface area contributed by atoms with Gasteiger partial charge in [0.05, 0.1) is 0 Å². The van der Waals surface area contributed by atoms with E-state index in [4.69, 9.17) is 10.7 Å². The van der Waals surface area contributed by atoms with Crippen LogP contribution in [-0.2, 0) is 4.79 Å². The van der Waals surface area contributed by atoms with E-state index in [1.165, 1.54) is 44.3 Å². The van der Waals surface area contributed by atoms with Crippen molar-refractivity contribution >= 4 is 47.6 Å². The first-order chi connectivity index (χ1) is 14.1. The fourth-order valence-corrected chi connectivity index (χ4v) is 6.59. The number of hydrogen-bond acceptors (Lipinski definition) is 4. The average Bonchev–Trinajstić information content (AvgIpc) is 2.73. The number of likely N-dealkylation sites (tertiary alicyclic amines) is 1. The lowest BCUT2D eigenvalue weighted by atomic mass is 9.87. The van der Waals surface area contributed by atoms with Crippen LogP contribution < -0.4 is 11.1 Å². The van der Waals surface area contributed by atoms with Crippen LogP contribution in [-0.4, -0.2) is 78.0 Å². The Morgan fingerprint density at radius 1 is 1.17 bits per heavy atom. The number of primary amides is 1. The molecule has 2 saturated heterocycles. The first-order valence-corrected chi connectivity index (χ1v) is 12.8. The van der Waals surface area contributed by atoms with E-state index in [2.05, 4.69) is 33.8 Å². The monoisotopic (exact) mass is 551 g/mol. The van der Waals surface area contributed by atoms with Gasteiger partial charge in [-0.3, -0.25) is 9.79 Å². The fraction of sp³-hybridized carbons (Fsp3) is 0.909. The highest BCUT2D eigenvalue weighted by molar-refractivity contribution is 14.0. The maximum Gasteiger partial charge on any atom is 0.220 e. The predicted octanol–water partition coefficient (Wildman–Crippen LogP) is 3.30. The van der Waals surface area contributed by atoms with E-state index < -0.39 is 0 Å². The predicted molar refractivity (Wildman–Crippen MR) is 139 cm³/mol. The second kappa shape index (κ2) is 13.4. The molecule has 0 radical (unpaired) electrons. The highest BCUT2D eigenvalue weighted by atomic mass is 127. The summed E-state index contributed by atoms with van der Waals surface area (Å²) in [6.07, 6.45) is 11.1. The first kappa shape index (κ1) is 26.0. The topological polar surface area (TPSA) is 74.0 Å². The van der Waals surface area contributed by atoms with E-state index in [-0.39, 0.29) is 35.8 Å². The van der Waals surface area contributed by atoms with E-state index in [0.29, 0.717) is 4.75 Å². The molecule has 6 nitrogen and oxygen atoms in total. The van der Waals surface area contributed by atoms with Crippen LogP contribution in [0, 0.1) is 5.92 Å². The first-order valence-electron chi connectivity index (χ1n) is 11.8. The second-order valence-corrected chi connectivity index (χ2v) is 10.5. The molecule has 0 aromatic rings. The van der Waals surface area contributed by atoms with Crippen molar-refractivity contribution in [3.05, 3.63) is 0 Å². The van der Waals surface area contributed by atoms with Crippen LogP contribution in [0.15, 0.2) is 4.99 Å². The van der Waals surface area contributed by atoms with Crippen molar-refractivity contribution in [3.63, 3.8) is 0 Å². The van der Waals surface area contributed by atoms with Crippen molar-refractivity contribution < 1.29 is 4.79 Å². The van der Waals surface area contributed by atoms with E-state index in [9.17, 15) is 4.79 Å². The number of carbonyl (C=O) groups is 1. The Hall–Kier alpha value is -0.220. The van der Waals surface area contributed by atoms with Gasteiger partial charge in [0, 0.05) is 42.6 Å². The minimum Gasteiger partial charge on any atom is -0.369 e. The third-order valence-corrected chi connectivity index (χ3v) is 8.32. The van der Waals surface area contributed by atoms with Gasteiger partial charge in [0.15, 0.2) is 5.96 Å². The summed E-state index contributed by atoms with van der Waals surface area (Å²) < 4.78 is 0.476. The molecular weight excluding hydrogens is 509 g/mol. The Morgan fingerprint density at radius 3 is 2.57 bits per heavy atom. The number of aliphatic imine (C=N–C) groups is 1. The number of hydrogen-bond donors (Lipinski definition) is 2. The highest BCUT2D eigenvalue weighted by Gasteiger charge is 2.38. The third-order valence-electron chi connectivity index (χ3n) is 6.78. The molecule has 0 aromatic heterocycles. The smallest absolute Gasteiger partial charge is 0.220 e. The standard InChI is InChI=1S/C22H41N5OS.HI/c1-2-24-21(27-16-17-29-22(18-27)10-4-3-5-11-22)25-12-6-7-13-26-14-8-19(9-15-26)20(23)28;/h19H,2-18H2,1H3,(H2,23,28)(H,24,25);1H. The van der Waals surface area contributed by atoms with Crippen LogP contribution in [0.5, 0.6) is 0 Å². The van der Waals surface area contributed by atoms with Crippen molar-refractivity contribution in [2.75, 3.05) is 51.6 Å². The molecule has 1 aliphatic carbocycles. The number of nitrogens with zero attached hydrogens (tertiary/aromatic N) is 3. The molecule has 1 saturated carbocycles. The molecule has 0 unspecified atom stereocenters. The van der Waals surface area contributed by atoms with Gasteiger partial charge in [-0.15, -0.1) is 24.0 Å². The van der Waals surface area contributed by atoms with Gasteiger partial charge in [-0.25, -0.2) is 0 Å². The van der Waals surface area contributed by atoms with E-state index in [1.807, 2.05) is 0 Å². The maximum atomic E-state index is 11.3. The zero-order chi connectivity index (χ0) is 20.5. The molecule has 0 atom stereocenters. The largest absolute Gasteiger partial charge is 0.369 e. The summed E-state index contributed by atoms with van der Waals surface area (Å²) in [6.45, 7) is 9.41. The lowest BCUT2D eigenvalue weighted by Gasteiger charge is -2.45. The zero-order valence-electron chi connectivity index (χ0n) is 18.7. The fourth-order valence-electron chi connectivity index (χ4n) is 5.02. The molecule has 3 rings (SSSR count). The van der Waals surface area contributed by atoms with Gasteiger partial charge < -0.3 is 20.9 Å². The number of carbonyl (C=O) groups excluding carboxylic acids is 1. The molecule has 0 aromatic carbocycles. The molecule has 174 valence electrons. The summed E-state index contributed by atoms with van der Waals surface area (Å²) >= 11 is 2.22. The molecule has 2 aliphatic heterocycles. The minimum absolute atomic E-state index is 0. The number of amides is 1. The Balaban J connectivity index is 0.00000320. The van der Waals surface area contributed by atoms with Crippen molar-refractivity contribution in [1.29, 1.82) is 0 Å². The number of guanidine groups is 1. The molecule has 8 heteroatoms. The summed E-state index contributed by atoms with van der Waals surface area (Å²) in [5, 5.41) is 3.54. The van der Waals surface area contributed by atoms with Crippen LogP contribution in [0.25, 0.3) is 0 Å². The van der Waals surface area contributed by atoms with Crippen molar-refractivity contribution in [2.24, 2.45) is 16.6 Å². The van der Waals surface area contributed by atoms with Crippen LogP contribution in [0.2, 0.25) is 0 Å². The molecule has 3 fully saturated rings. The quantitative estimate of drug-likeness (QED) is 0.220. The number of piperidine rings is 1. The molecule has 0 bridgehead atoms. The molecule has 3 N–H and O–H groups in total. The Bertz CT molecular complexity index is 542. The number of thioether (sulfide) groups is 1. The van der Waals surface area contributed by atoms with Crippen molar-refractivity contribution in [3.8, 4) is 0 Å². The number of nitrogens with one attached hydrogen (secondary N) is 1. The van der Waals surface area contributed by atoms with E-state index in [0.717, 1.165) is 71.0 Å². The van der Waals surface area contributed by atoms with Crippen LogP contribution in [0.4, 0.5) is 0 Å². The van der Waals surface area contributed by atoms with E-state index in [1.54, 1.807) is 0 Å². The zero-order valence-corrected chi connectivity index (χ0v) is 21.9. The van der Waals surface area contributed by atoms with Gasteiger partial charge in [-0.05, 0) is 65.1 Å². The lowest BCUT2D eigenvalue weighted by molar-refractivity contribution is -0.123. The highest BCUT2D eigenvalue weighted by Crippen LogP contribution is 2.42. The number of unbranched alkanes of at least 4 members (excludes halogenated alkanes) is 1. The van der Waals surface area contributed by atoms with Gasteiger partial charge in [-0.1, -0.05) is 19.3 Å². The Morgan fingerprint density at radius 2 is 1.90 bits per heavy atom. The molecule has 2 heterocycles. The van der Waals surface area contributed by atoms with Gasteiger partial charge in [0.2, 0.25) is 5.91 Å². The van der Waals surface area contributed by atoms with Gasteiger partial charge >= 0.3 is 0 Å². The molecule has 1 amide bonds. The van der Waals surface area contributed by atoms with Crippen LogP contribution in [0.1, 0.15) is 64.7 Å². The second-order valence-electron chi connectivity index (χ2n) is 8.97. The number of nitrogens with two attached hydrogens (primary N) is 1. The minimum atomic E-state index is -0.124. The number of halogens is 1. The summed E-state index contributed by atoms with van der Waals surface area (Å²) in [5.41, 5.74) is 5.43. The Kier molecular flexibility index (Phi) is 11.6. The maximum absolute atomic E-state index is 11.3. The van der Waals surface area contributed by atoms with Crippen molar-refractivity contribution in [2.45, 2.75) is 69.5 Å². The summed E-state index contributed by atoms with van der Waals surface area (Å²) in [4.78, 5) is 21.3. The normalized spacial score (nSPS) is 23.2. The molecule has 3 aliphatic rings. The summed E-state index contributed by atoms with van der Waals surface area (Å²) in [7, 11) is 0. The Labute approximate surface area is 204 Å². The lowest BCUT2D eigenvalue weighted by Crippen LogP contribution is -2.53.